The number of aryl methyl sites for hydroxylation is 1. The molecule has 1 heterocycles. The van der Waals surface area contributed by atoms with Crippen molar-refractivity contribution in [2.45, 2.75) is 37.3 Å². The number of nitrogens with zero attached hydrogens (tertiary/aromatic N) is 1. The second-order valence-electron chi connectivity index (χ2n) is 9.91. The van der Waals surface area contributed by atoms with Gasteiger partial charge in [-0.05, 0) is 86.8 Å². The van der Waals surface area contributed by atoms with Crippen molar-refractivity contribution in [2.75, 3.05) is 16.0 Å². The van der Waals surface area contributed by atoms with Crippen LogP contribution in [0.25, 0.3) is 10.9 Å². The molecule has 1 aromatic heterocycles. The van der Waals surface area contributed by atoms with Crippen LogP contribution in [0.5, 0.6) is 0 Å². The summed E-state index contributed by atoms with van der Waals surface area (Å²) in [6.07, 6.45) is 4.91. The molecule has 0 unspecified atom stereocenters. The zero-order chi connectivity index (χ0) is 23.3. The Balaban J connectivity index is 1.14. The van der Waals surface area contributed by atoms with Crippen molar-refractivity contribution in [3.05, 3.63) is 90.1 Å². The van der Waals surface area contributed by atoms with Crippen molar-refractivity contribution in [3.8, 4) is 0 Å². The molecule has 0 spiro atoms. The van der Waals surface area contributed by atoms with Gasteiger partial charge in [0.2, 0.25) is 0 Å². The van der Waals surface area contributed by atoms with Gasteiger partial charge < -0.3 is 21.7 Å². The minimum atomic E-state index is -0.149. The van der Waals surface area contributed by atoms with Crippen LogP contribution in [0.4, 0.5) is 22.7 Å². The van der Waals surface area contributed by atoms with Gasteiger partial charge in [-0.25, -0.2) is 0 Å². The van der Waals surface area contributed by atoms with E-state index in [1.807, 2.05) is 60.7 Å². The van der Waals surface area contributed by atoms with Gasteiger partial charge in [0.25, 0.3) is 5.91 Å². The molecule has 3 aromatic carbocycles. The fourth-order valence-corrected chi connectivity index (χ4v) is 5.41. The highest BCUT2D eigenvalue weighted by Crippen LogP contribution is 2.60. The topological polar surface area (TPSA) is 92.1 Å². The first-order valence-corrected chi connectivity index (χ1v) is 11.6. The molecule has 2 bridgehead atoms. The Morgan fingerprint density at radius 2 is 1.68 bits per heavy atom. The van der Waals surface area contributed by atoms with E-state index in [0.29, 0.717) is 5.56 Å². The number of hydrogen-bond donors (Lipinski definition) is 4. The van der Waals surface area contributed by atoms with Gasteiger partial charge in [-0.1, -0.05) is 17.7 Å². The molecule has 6 nitrogen and oxygen atoms in total. The Morgan fingerprint density at radius 3 is 2.44 bits per heavy atom. The van der Waals surface area contributed by atoms with Crippen molar-refractivity contribution < 1.29 is 4.79 Å². The minimum Gasteiger partial charge on any atom is -0.379 e. The van der Waals surface area contributed by atoms with Crippen LogP contribution < -0.4 is 21.7 Å². The van der Waals surface area contributed by atoms with E-state index in [1.165, 1.54) is 5.56 Å². The molecule has 3 saturated carbocycles. The average Bonchev–Trinajstić information content (AvgIpc) is 2.79. The third kappa shape index (κ3) is 3.76. The van der Waals surface area contributed by atoms with E-state index < -0.39 is 0 Å². The molecule has 7 rings (SSSR count). The average molecular weight is 450 g/mol. The van der Waals surface area contributed by atoms with E-state index in [4.69, 9.17) is 5.73 Å². The summed E-state index contributed by atoms with van der Waals surface area (Å²) in [6.45, 7) is 2.06. The number of anilines is 4. The van der Waals surface area contributed by atoms with Gasteiger partial charge in [0.1, 0.15) is 0 Å². The van der Waals surface area contributed by atoms with Crippen molar-refractivity contribution in [1.82, 2.24) is 4.98 Å². The van der Waals surface area contributed by atoms with Crippen molar-refractivity contribution >= 4 is 39.6 Å². The number of pyridine rings is 1. The number of carbonyl (C=O) groups is 1. The molecule has 170 valence electrons. The van der Waals surface area contributed by atoms with Crippen LogP contribution in [-0.2, 0) is 0 Å². The molecule has 3 aliphatic carbocycles. The van der Waals surface area contributed by atoms with Crippen LogP contribution in [0.2, 0.25) is 0 Å². The highest BCUT2D eigenvalue weighted by Gasteiger charge is 2.65. The van der Waals surface area contributed by atoms with Crippen LogP contribution in [0.15, 0.2) is 79.0 Å². The van der Waals surface area contributed by atoms with Crippen LogP contribution in [0.1, 0.15) is 35.2 Å². The molecule has 0 aliphatic heterocycles. The normalized spacial score (nSPS) is 22.4. The van der Waals surface area contributed by atoms with E-state index >= 15 is 0 Å². The molecular formula is C28H27N5O. The number of aromatic nitrogens is 1. The maximum atomic E-state index is 12.9. The third-order valence-electron chi connectivity index (χ3n) is 6.92. The Labute approximate surface area is 198 Å². The molecule has 34 heavy (non-hydrogen) atoms. The molecule has 1 amide bonds. The molecular weight excluding hydrogens is 422 g/mol. The number of carbonyl (C=O) groups excluding carboxylic acids is 1. The Hall–Kier alpha value is -3.90. The number of fused-ring (bicyclic) bond motifs is 1. The molecule has 0 saturated heterocycles. The van der Waals surface area contributed by atoms with Crippen LogP contribution in [0, 0.1) is 6.92 Å². The van der Waals surface area contributed by atoms with E-state index in [2.05, 4.69) is 40.0 Å². The summed E-state index contributed by atoms with van der Waals surface area (Å²) >= 11 is 0. The monoisotopic (exact) mass is 449 g/mol. The summed E-state index contributed by atoms with van der Waals surface area (Å²) < 4.78 is 0. The fourth-order valence-electron chi connectivity index (χ4n) is 5.41. The number of rotatable bonds is 6. The fraction of sp³-hybridized carbons (Fsp3) is 0.214. The van der Waals surface area contributed by atoms with Gasteiger partial charge in [0.15, 0.2) is 0 Å². The lowest BCUT2D eigenvalue weighted by atomic mass is 9.44. The number of nitrogens with two attached hydrogens (primary N) is 1. The van der Waals surface area contributed by atoms with E-state index in [1.54, 1.807) is 6.20 Å². The predicted molar refractivity (Wildman–Crippen MR) is 138 cm³/mol. The Morgan fingerprint density at radius 1 is 0.912 bits per heavy atom. The highest BCUT2D eigenvalue weighted by molar-refractivity contribution is 6.05. The first kappa shape index (κ1) is 20.7. The Bertz CT molecular complexity index is 1390. The third-order valence-corrected chi connectivity index (χ3v) is 6.92. The second-order valence-corrected chi connectivity index (χ2v) is 9.91. The number of hydrogen-bond acceptors (Lipinski definition) is 5. The Kier molecular flexibility index (Phi) is 4.61. The van der Waals surface area contributed by atoms with Crippen LogP contribution >= 0.6 is 0 Å². The molecule has 5 N–H and O–H groups in total. The highest BCUT2D eigenvalue weighted by atomic mass is 16.1. The summed E-state index contributed by atoms with van der Waals surface area (Å²) in [5.41, 5.74) is 12.7. The van der Waals surface area contributed by atoms with Crippen LogP contribution in [0.3, 0.4) is 0 Å². The van der Waals surface area contributed by atoms with E-state index in [-0.39, 0.29) is 17.0 Å². The summed E-state index contributed by atoms with van der Waals surface area (Å²) in [6, 6.07) is 23.5. The van der Waals surface area contributed by atoms with E-state index in [9.17, 15) is 4.79 Å². The number of amides is 1. The molecule has 0 atom stereocenters. The first-order chi connectivity index (χ1) is 16.4. The van der Waals surface area contributed by atoms with Gasteiger partial charge in [0.05, 0.1) is 5.52 Å². The molecule has 4 aromatic rings. The second kappa shape index (κ2) is 7.57. The van der Waals surface area contributed by atoms with Crippen molar-refractivity contribution in [3.63, 3.8) is 0 Å². The molecule has 3 aliphatic rings. The van der Waals surface area contributed by atoms with Crippen LogP contribution in [-0.4, -0.2) is 22.0 Å². The van der Waals surface area contributed by atoms with E-state index in [0.717, 1.165) is 52.9 Å². The number of benzene rings is 3. The standard InChI is InChI=1S/C28H27N5O/c1-18-5-10-24-23(13-18)25(11-12-30-24)31-22-4-2-3-19(14-22)26(34)32-20-6-8-21(9-7-20)33-28-15-27(29,16-28)17-28/h2-14,33H,15-17,29H2,1H3,(H,30,31)(H,32,34). The maximum absolute atomic E-state index is 12.9. The van der Waals surface area contributed by atoms with Gasteiger partial charge in [-0.15, -0.1) is 0 Å². The smallest absolute Gasteiger partial charge is 0.255 e. The quantitative estimate of drug-likeness (QED) is 0.308. The SMILES string of the molecule is Cc1ccc2nccc(Nc3cccc(C(=O)Nc4ccc(NC56CC(N)(C5)C6)cc4)c3)c2c1. The predicted octanol–water partition coefficient (Wildman–Crippen LogP) is 5.58. The molecule has 3 fully saturated rings. The summed E-state index contributed by atoms with van der Waals surface area (Å²) in [4.78, 5) is 17.4. The summed E-state index contributed by atoms with van der Waals surface area (Å²) in [5.74, 6) is -0.149. The van der Waals surface area contributed by atoms with Gasteiger partial charge in [-0.2, -0.15) is 0 Å². The first-order valence-electron chi connectivity index (χ1n) is 11.6. The number of nitrogens with one attached hydrogen (secondary N) is 3. The summed E-state index contributed by atoms with van der Waals surface area (Å²) in [5, 5.41) is 11.1. The lowest BCUT2D eigenvalue weighted by Crippen LogP contribution is -2.79. The lowest BCUT2D eigenvalue weighted by Gasteiger charge is -2.69. The summed E-state index contributed by atoms with van der Waals surface area (Å²) in [7, 11) is 0. The molecule has 0 radical (unpaired) electrons. The maximum Gasteiger partial charge on any atom is 0.255 e. The minimum absolute atomic E-state index is 0.0771. The van der Waals surface area contributed by atoms with Gasteiger partial charge >= 0.3 is 0 Å². The van der Waals surface area contributed by atoms with Crippen molar-refractivity contribution in [1.29, 1.82) is 0 Å². The zero-order valence-electron chi connectivity index (χ0n) is 19.1. The largest absolute Gasteiger partial charge is 0.379 e. The van der Waals surface area contributed by atoms with Gasteiger partial charge in [0, 0.05) is 51.0 Å². The lowest BCUT2D eigenvalue weighted by molar-refractivity contribution is -0.0318. The zero-order valence-corrected chi connectivity index (χ0v) is 19.1. The van der Waals surface area contributed by atoms with Crippen molar-refractivity contribution in [2.24, 2.45) is 5.73 Å². The molecule has 6 heteroatoms. The van der Waals surface area contributed by atoms with Gasteiger partial charge in [-0.3, -0.25) is 9.78 Å².